The molecule has 5 nitrogen and oxygen atoms in total. The third-order valence-electron chi connectivity index (χ3n) is 2.66. The lowest BCUT2D eigenvalue weighted by Gasteiger charge is -2.21. The third-order valence-corrected chi connectivity index (χ3v) is 3.82. The van der Waals surface area contributed by atoms with Gasteiger partial charge in [0.15, 0.2) is 6.61 Å². The van der Waals surface area contributed by atoms with Crippen molar-refractivity contribution in [2.45, 2.75) is 18.2 Å². The molecule has 19 heavy (non-hydrogen) atoms. The fourth-order valence-electron chi connectivity index (χ4n) is 1.58. The van der Waals surface area contributed by atoms with Gasteiger partial charge in [-0.2, -0.15) is 11.8 Å². The van der Waals surface area contributed by atoms with Crippen LogP contribution in [0, 0.1) is 0 Å². The Morgan fingerprint density at radius 2 is 2.32 bits per heavy atom. The van der Waals surface area contributed by atoms with E-state index in [1.807, 2.05) is 13.2 Å². The molecule has 0 aromatic heterocycles. The van der Waals surface area contributed by atoms with Crippen molar-refractivity contribution in [1.82, 2.24) is 5.32 Å². The topological polar surface area (TPSA) is 84.6 Å². The van der Waals surface area contributed by atoms with Crippen LogP contribution in [-0.4, -0.2) is 41.8 Å². The molecule has 1 rings (SSSR count). The first-order chi connectivity index (χ1) is 9.06. The van der Waals surface area contributed by atoms with Crippen molar-refractivity contribution in [3.05, 3.63) is 24.3 Å². The third kappa shape index (κ3) is 5.40. The summed E-state index contributed by atoms with van der Waals surface area (Å²) < 4.78 is 5.34. The zero-order chi connectivity index (χ0) is 14.3. The summed E-state index contributed by atoms with van der Waals surface area (Å²) in [6, 6.07) is 6.80. The highest BCUT2D eigenvalue weighted by molar-refractivity contribution is 7.99. The average molecular weight is 284 g/mol. The molecule has 0 aliphatic carbocycles. The number of hydrogen-bond acceptors (Lipinski definition) is 5. The molecule has 0 spiro atoms. The van der Waals surface area contributed by atoms with E-state index in [1.165, 1.54) is 11.8 Å². The first kappa shape index (κ1) is 15.7. The number of nitrogens with two attached hydrogens (primary N) is 1. The summed E-state index contributed by atoms with van der Waals surface area (Å²) in [6.45, 7) is 1.81. The molecular formula is C13H20N2O3S. The molecule has 0 bridgehead atoms. The van der Waals surface area contributed by atoms with Crippen molar-refractivity contribution in [3.63, 3.8) is 0 Å². The second-order valence-corrected chi connectivity index (χ2v) is 5.25. The first-order valence-electron chi connectivity index (χ1n) is 5.98. The quantitative estimate of drug-likeness (QED) is 0.647. The van der Waals surface area contributed by atoms with Crippen molar-refractivity contribution in [2.75, 3.05) is 25.2 Å². The molecule has 0 aliphatic rings. The van der Waals surface area contributed by atoms with Gasteiger partial charge in [-0.3, -0.25) is 4.79 Å². The summed E-state index contributed by atoms with van der Waals surface area (Å²) in [5.41, 5.74) is 6.20. The van der Waals surface area contributed by atoms with Crippen LogP contribution in [0.25, 0.3) is 0 Å². The monoisotopic (exact) mass is 284 g/mol. The van der Waals surface area contributed by atoms with E-state index >= 15 is 0 Å². The molecule has 0 saturated heterocycles. The highest BCUT2D eigenvalue weighted by Gasteiger charge is 2.17. The fourth-order valence-corrected chi connectivity index (χ4v) is 2.20. The molecule has 6 heteroatoms. The number of nitrogen functional groups attached to an aromatic ring is 1. The second-order valence-electron chi connectivity index (χ2n) is 4.17. The van der Waals surface area contributed by atoms with Crippen LogP contribution in [0.15, 0.2) is 24.3 Å². The van der Waals surface area contributed by atoms with Crippen LogP contribution in [0.4, 0.5) is 5.69 Å². The molecule has 0 heterocycles. The summed E-state index contributed by atoms with van der Waals surface area (Å²) in [5.74, 6) is 0.341. The van der Waals surface area contributed by atoms with Gasteiger partial charge in [0.2, 0.25) is 0 Å². The van der Waals surface area contributed by atoms with Gasteiger partial charge >= 0.3 is 0 Å². The SMILES string of the molecule is CSC(CO)C(C)NC(=O)COc1cccc(N)c1. The summed E-state index contributed by atoms with van der Waals surface area (Å²) in [5, 5.41) is 11.9. The van der Waals surface area contributed by atoms with E-state index in [1.54, 1.807) is 24.3 Å². The summed E-state index contributed by atoms with van der Waals surface area (Å²) >= 11 is 1.51. The lowest BCUT2D eigenvalue weighted by molar-refractivity contribution is -0.123. The zero-order valence-electron chi connectivity index (χ0n) is 11.1. The van der Waals surface area contributed by atoms with E-state index in [0.717, 1.165) is 0 Å². The molecule has 0 saturated carbocycles. The maximum atomic E-state index is 11.7. The Kier molecular flexibility index (Phi) is 6.52. The van der Waals surface area contributed by atoms with Crippen LogP contribution < -0.4 is 15.8 Å². The summed E-state index contributed by atoms with van der Waals surface area (Å²) in [6.07, 6.45) is 1.90. The Hall–Kier alpha value is -1.40. The lowest BCUT2D eigenvalue weighted by Crippen LogP contribution is -2.43. The maximum Gasteiger partial charge on any atom is 0.258 e. The summed E-state index contributed by atoms with van der Waals surface area (Å²) in [4.78, 5) is 11.7. The molecule has 2 atom stereocenters. The van der Waals surface area contributed by atoms with Crippen molar-refractivity contribution < 1.29 is 14.6 Å². The van der Waals surface area contributed by atoms with Crippen LogP contribution in [0.5, 0.6) is 5.75 Å². The second kappa shape index (κ2) is 7.91. The van der Waals surface area contributed by atoms with Gasteiger partial charge in [-0.1, -0.05) is 6.07 Å². The number of carbonyl (C=O) groups excluding carboxylic acids is 1. The molecule has 1 aromatic carbocycles. The van der Waals surface area contributed by atoms with Gasteiger partial charge in [0, 0.05) is 23.0 Å². The number of ether oxygens (including phenoxy) is 1. The maximum absolute atomic E-state index is 11.7. The number of nitrogens with one attached hydrogen (secondary N) is 1. The molecular weight excluding hydrogens is 264 g/mol. The fraction of sp³-hybridized carbons (Fsp3) is 0.462. The highest BCUT2D eigenvalue weighted by Crippen LogP contribution is 2.14. The summed E-state index contributed by atoms with van der Waals surface area (Å²) in [7, 11) is 0. The normalized spacial score (nSPS) is 13.6. The highest BCUT2D eigenvalue weighted by atomic mass is 32.2. The molecule has 106 valence electrons. The minimum atomic E-state index is -0.220. The van der Waals surface area contributed by atoms with Gasteiger partial charge < -0.3 is 20.9 Å². The van der Waals surface area contributed by atoms with Crippen LogP contribution >= 0.6 is 11.8 Å². The Labute approximate surface area is 117 Å². The number of rotatable bonds is 7. The zero-order valence-corrected chi connectivity index (χ0v) is 11.9. The molecule has 0 radical (unpaired) electrons. The van der Waals surface area contributed by atoms with E-state index < -0.39 is 0 Å². The number of aliphatic hydroxyl groups is 1. The Morgan fingerprint density at radius 1 is 1.58 bits per heavy atom. The first-order valence-corrected chi connectivity index (χ1v) is 7.27. The predicted octanol–water partition coefficient (Wildman–Crippen LogP) is 0.876. The number of aliphatic hydroxyl groups excluding tert-OH is 1. The molecule has 0 aliphatic heterocycles. The van der Waals surface area contributed by atoms with Crippen LogP contribution in [0.2, 0.25) is 0 Å². The van der Waals surface area contributed by atoms with Crippen LogP contribution in [-0.2, 0) is 4.79 Å². The molecule has 0 fully saturated rings. The number of benzene rings is 1. The number of anilines is 1. The molecule has 2 unspecified atom stereocenters. The minimum absolute atomic E-state index is 0.0173. The predicted molar refractivity (Wildman–Crippen MR) is 78.3 cm³/mol. The van der Waals surface area contributed by atoms with Gasteiger partial charge in [0.05, 0.1) is 6.61 Å². The lowest BCUT2D eigenvalue weighted by atomic mass is 10.2. The van der Waals surface area contributed by atoms with Gasteiger partial charge in [0.1, 0.15) is 5.75 Å². The van der Waals surface area contributed by atoms with E-state index in [0.29, 0.717) is 11.4 Å². The van der Waals surface area contributed by atoms with Crippen LogP contribution in [0.1, 0.15) is 6.92 Å². The van der Waals surface area contributed by atoms with Crippen molar-refractivity contribution in [1.29, 1.82) is 0 Å². The number of amides is 1. The van der Waals surface area contributed by atoms with Gasteiger partial charge in [-0.15, -0.1) is 0 Å². The van der Waals surface area contributed by atoms with Gasteiger partial charge in [0.25, 0.3) is 5.91 Å². The number of hydrogen-bond donors (Lipinski definition) is 3. The van der Waals surface area contributed by atoms with Crippen LogP contribution in [0.3, 0.4) is 0 Å². The number of carbonyl (C=O) groups is 1. The van der Waals surface area contributed by atoms with Crippen molar-refractivity contribution >= 4 is 23.4 Å². The Morgan fingerprint density at radius 3 is 2.89 bits per heavy atom. The van der Waals surface area contributed by atoms with Gasteiger partial charge in [-0.25, -0.2) is 0 Å². The van der Waals surface area contributed by atoms with E-state index in [-0.39, 0.29) is 30.4 Å². The standard InChI is InChI=1S/C13H20N2O3S/c1-9(12(7-16)19-2)15-13(17)8-18-11-5-3-4-10(14)6-11/h3-6,9,12,16H,7-8,14H2,1-2H3,(H,15,17). The van der Waals surface area contributed by atoms with Gasteiger partial charge in [-0.05, 0) is 25.3 Å². The largest absolute Gasteiger partial charge is 0.484 e. The van der Waals surface area contributed by atoms with E-state index in [9.17, 15) is 4.79 Å². The molecule has 1 aromatic rings. The minimum Gasteiger partial charge on any atom is -0.484 e. The van der Waals surface area contributed by atoms with Crippen molar-refractivity contribution in [2.24, 2.45) is 0 Å². The molecule has 1 amide bonds. The Balaban J connectivity index is 2.39. The number of thioether (sulfide) groups is 1. The van der Waals surface area contributed by atoms with E-state index in [4.69, 9.17) is 15.6 Å². The average Bonchev–Trinajstić information content (AvgIpc) is 2.38. The smallest absolute Gasteiger partial charge is 0.258 e. The van der Waals surface area contributed by atoms with Crippen molar-refractivity contribution in [3.8, 4) is 5.75 Å². The molecule has 4 N–H and O–H groups in total. The Bertz CT molecular complexity index is 411. The van der Waals surface area contributed by atoms with E-state index in [2.05, 4.69) is 5.32 Å².